The summed E-state index contributed by atoms with van der Waals surface area (Å²) in [5.41, 5.74) is 6.35. The van der Waals surface area contributed by atoms with E-state index in [0.29, 0.717) is 30.3 Å². The number of hydrogen-bond acceptors (Lipinski definition) is 2. The first-order valence-corrected chi connectivity index (χ1v) is 4.83. The lowest BCUT2D eigenvalue weighted by Crippen LogP contribution is -2.04. The predicted molar refractivity (Wildman–Crippen MR) is 55.4 cm³/mol. The molecule has 0 saturated carbocycles. The molecule has 0 aromatic heterocycles. The van der Waals surface area contributed by atoms with E-state index in [-0.39, 0.29) is 6.67 Å². The third-order valence-corrected chi connectivity index (χ3v) is 2.09. The number of hydrogen-bond donors (Lipinski definition) is 1. The minimum atomic E-state index is -0.386. The molecule has 78 valence electrons. The molecule has 0 bridgehead atoms. The summed E-state index contributed by atoms with van der Waals surface area (Å²) < 4.78 is 17.2. The Morgan fingerprint density at radius 2 is 2.21 bits per heavy atom. The van der Waals surface area contributed by atoms with Gasteiger partial charge in [0.15, 0.2) is 0 Å². The fourth-order valence-corrected chi connectivity index (χ4v) is 1.35. The minimum Gasteiger partial charge on any atom is -0.492 e. The molecule has 0 amide bonds. The van der Waals surface area contributed by atoms with Crippen molar-refractivity contribution >= 4 is 11.6 Å². The normalized spacial score (nSPS) is 10.2. The van der Waals surface area contributed by atoms with Crippen LogP contribution < -0.4 is 10.5 Å². The Morgan fingerprint density at radius 1 is 1.43 bits per heavy atom. The SMILES string of the molecule is NCc1cccc(Cl)c1OCCCF. The first-order valence-electron chi connectivity index (χ1n) is 4.45. The average Bonchev–Trinajstić information content (AvgIpc) is 2.20. The van der Waals surface area contributed by atoms with Gasteiger partial charge in [-0.05, 0) is 6.07 Å². The third-order valence-electron chi connectivity index (χ3n) is 1.79. The van der Waals surface area contributed by atoms with Crippen LogP contribution in [0.4, 0.5) is 4.39 Å². The van der Waals surface area contributed by atoms with Crippen LogP contribution in [0.2, 0.25) is 5.02 Å². The first kappa shape index (κ1) is 11.3. The average molecular weight is 218 g/mol. The van der Waals surface area contributed by atoms with Gasteiger partial charge in [-0.15, -0.1) is 0 Å². The van der Waals surface area contributed by atoms with E-state index in [9.17, 15) is 4.39 Å². The summed E-state index contributed by atoms with van der Waals surface area (Å²) >= 11 is 5.91. The zero-order valence-corrected chi connectivity index (χ0v) is 8.56. The Kier molecular flexibility index (Phi) is 4.70. The quantitative estimate of drug-likeness (QED) is 0.770. The molecule has 1 rings (SSSR count). The largest absolute Gasteiger partial charge is 0.492 e. The lowest BCUT2D eigenvalue weighted by Gasteiger charge is -2.10. The van der Waals surface area contributed by atoms with Crippen molar-refractivity contribution in [3.63, 3.8) is 0 Å². The number of benzene rings is 1. The van der Waals surface area contributed by atoms with Gasteiger partial charge in [0, 0.05) is 18.5 Å². The van der Waals surface area contributed by atoms with Crippen LogP contribution in [0.15, 0.2) is 18.2 Å². The summed E-state index contributed by atoms with van der Waals surface area (Å²) in [6.45, 7) is 0.307. The standard InChI is InChI=1S/C10H13ClFNO/c11-9-4-1-3-8(7-13)10(9)14-6-2-5-12/h1,3-4H,2,5-7,13H2. The maximum Gasteiger partial charge on any atom is 0.142 e. The number of halogens is 2. The van der Waals surface area contributed by atoms with Crippen LogP contribution in [0.1, 0.15) is 12.0 Å². The second-order valence-corrected chi connectivity index (χ2v) is 3.23. The van der Waals surface area contributed by atoms with Gasteiger partial charge in [-0.1, -0.05) is 23.7 Å². The summed E-state index contributed by atoms with van der Waals surface area (Å²) in [4.78, 5) is 0. The monoisotopic (exact) mass is 217 g/mol. The molecule has 2 N–H and O–H groups in total. The smallest absolute Gasteiger partial charge is 0.142 e. The van der Waals surface area contributed by atoms with Crippen molar-refractivity contribution in [1.82, 2.24) is 0 Å². The lowest BCUT2D eigenvalue weighted by atomic mass is 10.2. The molecule has 0 heterocycles. The summed E-state index contributed by atoms with van der Waals surface area (Å²) in [5.74, 6) is 0.574. The summed E-state index contributed by atoms with van der Waals surface area (Å²) in [5, 5.41) is 0.520. The van der Waals surface area contributed by atoms with E-state index in [1.54, 1.807) is 6.07 Å². The minimum absolute atomic E-state index is 0.327. The topological polar surface area (TPSA) is 35.2 Å². The molecule has 0 spiro atoms. The molecule has 4 heteroatoms. The maximum absolute atomic E-state index is 11.8. The van der Waals surface area contributed by atoms with Crippen LogP contribution in [0.5, 0.6) is 5.75 Å². The molecule has 0 aliphatic heterocycles. The van der Waals surface area contributed by atoms with E-state index in [2.05, 4.69) is 0 Å². The van der Waals surface area contributed by atoms with Gasteiger partial charge in [0.2, 0.25) is 0 Å². The Morgan fingerprint density at radius 3 is 2.86 bits per heavy atom. The molecule has 0 fully saturated rings. The Hall–Kier alpha value is -0.800. The predicted octanol–water partition coefficient (Wildman–Crippen LogP) is 2.54. The van der Waals surface area contributed by atoms with Gasteiger partial charge >= 0.3 is 0 Å². The van der Waals surface area contributed by atoms with E-state index in [1.807, 2.05) is 12.1 Å². The summed E-state index contributed by atoms with van der Waals surface area (Å²) in [6, 6.07) is 5.38. The number of rotatable bonds is 5. The van der Waals surface area contributed by atoms with Crippen LogP contribution in [0.25, 0.3) is 0 Å². The van der Waals surface area contributed by atoms with Crippen molar-refractivity contribution in [2.24, 2.45) is 5.73 Å². The van der Waals surface area contributed by atoms with Crippen molar-refractivity contribution in [2.75, 3.05) is 13.3 Å². The van der Waals surface area contributed by atoms with E-state index in [0.717, 1.165) is 5.56 Å². The third kappa shape index (κ3) is 2.86. The molecule has 0 radical (unpaired) electrons. The zero-order chi connectivity index (χ0) is 10.4. The highest BCUT2D eigenvalue weighted by atomic mass is 35.5. The van der Waals surface area contributed by atoms with Gasteiger partial charge in [-0.2, -0.15) is 0 Å². The first-order chi connectivity index (χ1) is 6.79. The zero-order valence-electron chi connectivity index (χ0n) is 7.80. The number of alkyl halides is 1. The molecule has 1 aromatic rings. The Labute approximate surface area is 87.8 Å². The molecule has 0 unspecified atom stereocenters. The van der Waals surface area contributed by atoms with Gasteiger partial charge in [0.05, 0.1) is 18.3 Å². The number of ether oxygens (including phenoxy) is 1. The second kappa shape index (κ2) is 5.83. The molecule has 0 saturated heterocycles. The van der Waals surface area contributed by atoms with Crippen LogP contribution in [0.3, 0.4) is 0 Å². The highest BCUT2D eigenvalue weighted by Crippen LogP contribution is 2.28. The fourth-order valence-electron chi connectivity index (χ4n) is 1.10. The molecule has 0 atom stereocenters. The van der Waals surface area contributed by atoms with Crippen LogP contribution in [0, 0.1) is 0 Å². The lowest BCUT2D eigenvalue weighted by molar-refractivity contribution is 0.287. The van der Waals surface area contributed by atoms with Gasteiger partial charge in [0.25, 0.3) is 0 Å². The van der Waals surface area contributed by atoms with Crippen LogP contribution >= 0.6 is 11.6 Å². The second-order valence-electron chi connectivity index (χ2n) is 2.82. The van der Waals surface area contributed by atoms with Crippen LogP contribution in [-0.4, -0.2) is 13.3 Å². The highest BCUT2D eigenvalue weighted by molar-refractivity contribution is 6.32. The molecule has 1 aromatic carbocycles. The van der Waals surface area contributed by atoms with Crippen LogP contribution in [-0.2, 0) is 6.54 Å². The summed E-state index contributed by atoms with van der Waals surface area (Å²) in [6.07, 6.45) is 0.370. The van der Waals surface area contributed by atoms with Crippen molar-refractivity contribution in [3.05, 3.63) is 28.8 Å². The fraction of sp³-hybridized carbons (Fsp3) is 0.400. The number of para-hydroxylation sites is 1. The molecular weight excluding hydrogens is 205 g/mol. The molecule has 0 aliphatic rings. The van der Waals surface area contributed by atoms with Gasteiger partial charge in [-0.25, -0.2) is 0 Å². The maximum atomic E-state index is 11.8. The molecule has 2 nitrogen and oxygen atoms in total. The van der Waals surface area contributed by atoms with E-state index in [1.165, 1.54) is 0 Å². The van der Waals surface area contributed by atoms with E-state index < -0.39 is 0 Å². The van der Waals surface area contributed by atoms with E-state index >= 15 is 0 Å². The van der Waals surface area contributed by atoms with Gasteiger partial charge in [-0.3, -0.25) is 4.39 Å². The van der Waals surface area contributed by atoms with Gasteiger partial charge < -0.3 is 10.5 Å². The Balaban J connectivity index is 2.72. The van der Waals surface area contributed by atoms with Crippen molar-refractivity contribution < 1.29 is 9.13 Å². The molecular formula is C10H13ClFNO. The number of nitrogens with two attached hydrogens (primary N) is 1. The molecule has 14 heavy (non-hydrogen) atoms. The van der Waals surface area contributed by atoms with Crippen molar-refractivity contribution in [2.45, 2.75) is 13.0 Å². The van der Waals surface area contributed by atoms with E-state index in [4.69, 9.17) is 22.1 Å². The highest BCUT2D eigenvalue weighted by Gasteiger charge is 2.06. The van der Waals surface area contributed by atoms with Gasteiger partial charge in [0.1, 0.15) is 5.75 Å². The molecule has 0 aliphatic carbocycles. The summed E-state index contributed by atoms with van der Waals surface area (Å²) in [7, 11) is 0. The Bertz CT molecular complexity index is 293. The van der Waals surface area contributed by atoms with Crippen molar-refractivity contribution in [1.29, 1.82) is 0 Å². The van der Waals surface area contributed by atoms with Crippen molar-refractivity contribution in [3.8, 4) is 5.75 Å².